The molecule has 0 aliphatic carbocycles. The fraction of sp³-hybridized carbons (Fsp3) is 0.857. The summed E-state index contributed by atoms with van der Waals surface area (Å²) < 4.78 is 0. The number of hydrogen-bond donors (Lipinski definition) is 0. The number of carbonyl (C=O) groups is 2. The number of carbonyl (C=O) groups excluding carboxylic acids is 2. The Morgan fingerprint density at radius 3 is 2.06 bits per heavy atom. The molecule has 0 radical (unpaired) electrons. The lowest BCUT2D eigenvalue weighted by Gasteiger charge is -2.34. The van der Waals surface area contributed by atoms with Crippen molar-refractivity contribution in [3.05, 3.63) is 0 Å². The Kier molecular flexibility index (Phi) is 4.61. The van der Waals surface area contributed by atoms with Crippen LogP contribution in [0.5, 0.6) is 0 Å². The van der Waals surface area contributed by atoms with E-state index in [9.17, 15) is 9.59 Å². The molecule has 0 N–H and O–H groups in total. The highest BCUT2D eigenvalue weighted by atomic mass is 16.2. The average Bonchev–Trinajstić information content (AvgIpc) is 2.66. The molecule has 0 bridgehead atoms. The monoisotopic (exact) mass is 252 g/mol. The standard InChI is InChI=1S/C14H24N2O2/c1-12-8-4-7-11-16(12)14(18)13(17)15-9-5-2-3-6-10-15/h12H,2-11H2,1H3. The largest absolute Gasteiger partial charge is 0.334 e. The Morgan fingerprint density at radius 2 is 1.44 bits per heavy atom. The van der Waals surface area contributed by atoms with Crippen molar-refractivity contribution in [1.82, 2.24) is 9.80 Å². The Labute approximate surface area is 109 Å². The summed E-state index contributed by atoms with van der Waals surface area (Å²) in [6.07, 6.45) is 7.66. The van der Waals surface area contributed by atoms with E-state index in [2.05, 4.69) is 0 Å². The molecule has 18 heavy (non-hydrogen) atoms. The van der Waals surface area contributed by atoms with Crippen LogP contribution in [-0.4, -0.2) is 47.3 Å². The van der Waals surface area contributed by atoms with Crippen molar-refractivity contribution in [3.8, 4) is 0 Å². The van der Waals surface area contributed by atoms with E-state index < -0.39 is 0 Å². The van der Waals surface area contributed by atoms with Gasteiger partial charge in [0.25, 0.3) is 0 Å². The predicted octanol–water partition coefficient (Wildman–Crippen LogP) is 1.79. The van der Waals surface area contributed by atoms with Crippen molar-refractivity contribution >= 4 is 11.8 Å². The molecule has 4 nitrogen and oxygen atoms in total. The van der Waals surface area contributed by atoms with Crippen molar-refractivity contribution < 1.29 is 9.59 Å². The average molecular weight is 252 g/mol. The van der Waals surface area contributed by atoms with Gasteiger partial charge in [-0.25, -0.2) is 0 Å². The molecular weight excluding hydrogens is 228 g/mol. The second-order valence-corrected chi connectivity index (χ2v) is 5.55. The van der Waals surface area contributed by atoms with Crippen molar-refractivity contribution in [3.63, 3.8) is 0 Å². The molecule has 0 spiro atoms. The molecule has 1 unspecified atom stereocenters. The molecule has 2 aliphatic rings. The minimum Gasteiger partial charge on any atom is -0.334 e. The fourth-order valence-electron chi connectivity index (χ4n) is 2.93. The van der Waals surface area contributed by atoms with E-state index in [1.54, 1.807) is 9.80 Å². The first-order valence-electron chi connectivity index (χ1n) is 7.30. The van der Waals surface area contributed by atoms with Crippen molar-refractivity contribution in [1.29, 1.82) is 0 Å². The quantitative estimate of drug-likeness (QED) is 0.617. The van der Waals surface area contributed by atoms with Crippen LogP contribution in [0.1, 0.15) is 51.9 Å². The van der Waals surface area contributed by atoms with Crippen LogP contribution in [-0.2, 0) is 9.59 Å². The minimum atomic E-state index is -0.274. The number of nitrogens with zero attached hydrogens (tertiary/aromatic N) is 2. The molecule has 102 valence electrons. The van der Waals surface area contributed by atoms with Gasteiger partial charge in [-0.2, -0.15) is 0 Å². The predicted molar refractivity (Wildman–Crippen MR) is 70.1 cm³/mol. The van der Waals surface area contributed by atoms with Gasteiger partial charge in [0, 0.05) is 25.7 Å². The van der Waals surface area contributed by atoms with E-state index in [1.807, 2.05) is 6.92 Å². The van der Waals surface area contributed by atoms with E-state index in [1.165, 1.54) is 19.3 Å². The van der Waals surface area contributed by atoms with Gasteiger partial charge < -0.3 is 9.80 Å². The van der Waals surface area contributed by atoms with Crippen molar-refractivity contribution in [2.45, 2.75) is 57.9 Å². The summed E-state index contributed by atoms with van der Waals surface area (Å²) in [5, 5.41) is 0. The number of piperidine rings is 1. The van der Waals surface area contributed by atoms with Crippen molar-refractivity contribution in [2.75, 3.05) is 19.6 Å². The van der Waals surface area contributed by atoms with Crippen molar-refractivity contribution in [2.24, 2.45) is 0 Å². The molecule has 2 amide bonds. The zero-order chi connectivity index (χ0) is 13.0. The summed E-state index contributed by atoms with van der Waals surface area (Å²) in [4.78, 5) is 28.0. The molecule has 1 atom stereocenters. The van der Waals surface area contributed by atoms with Crippen LogP contribution in [0.25, 0.3) is 0 Å². The Morgan fingerprint density at radius 1 is 0.833 bits per heavy atom. The SMILES string of the molecule is CC1CCCCN1C(=O)C(=O)N1CCCCCC1. The Bertz CT molecular complexity index is 309. The van der Waals surface area contributed by atoms with Crippen LogP contribution >= 0.6 is 0 Å². The van der Waals surface area contributed by atoms with Gasteiger partial charge in [-0.05, 0) is 39.0 Å². The summed E-state index contributed by atoms with van der Waals surface area (Å²) in [7, 11) is 0. The normalized spacial score (nSPS) is 25.7. The molecule has 0 aromatic rings. The van der Waals surface area contributed by atoms with Gasteiger partial charge in [-0.1, -0.05) is 12.8 Å². The lowest BCUT2D eigenvalue weighted by atomic mass is 10.0. The highest BCUT2D eigenvalue weighted by molar-refractivity contribution is 6.35. The van der Waals surface area contributed by atoms with E-state index in [0.29, 0.717) is 0 Å². The van der Waals surface area contributed by atoms with Gasteiger partial charge in [0.05, 0.1) is 0 Å². The zero-order valence-corrected chi connectivity index (χ0v) is 11.4. The van der Waals surface area contributed by atoms with Gasteiger partial charge >= 0.3 is 11.8 Å². The van der Waals surface area contributed by atoms with E-state index in [0.717, 1.165) is 45.3 Å². The summed E-state index contributed by atoms with van der Waals surface area (Å²) in [6.45, 7) is 4.31. The number of amides is 2. The fourth-order valence-corrected chi connectivity index (χ4v) is 2.93. The van der Waals surface area contributed by atoms with Crippen LogP contribution in [0, 0.1) is 0 Å². The topological polar surface area (TPSA) is 40.6 Å². The number of likely N-dealkylation sites (tertiary alicyclic amines) is 2. The van der Waals surface area contributed by atoms with E-state index in [4.69, 9.17) is 0 Å². The van der Waals surface area contributed by atoms with Gasteiger partial charge in [-0.3, -0.25) is 9.59 Å². The smallest absolute Gasteiger partial charge is 0.312 e. The summed E-state index contributed by atoms with van der Waals surface area (Å²) in [6, 6.07) is 0.224. The van der Waals surface area contributed by atoms with E-state index >= 15 is 0 Å². The third-order valence-corrected chi connectivity index (χ3v) is 4.14. The second-order valence-electron chi connectivity index (χ2n) is 5.55. The van der Waals surface area contributed by atoms with Gasteiger partial charge in [0.2, 0.25) is 0 Å². The second kappa shape index (κ2) is 6.21. The summed E-state index contributed by atoms with van der Waals surface area (Å²) in [5.41, 5.74) is 0. The third-order valence-electron chi connectivity index (χ3n) is 4.14. The molecular formula is C14H24N2O2. The summed E-state index contributed by atoms with van der Waals surface area (Å²) in [5.74, 6) is -0.547. The Balaban J connectivity index is 1.96. The minimum absolute atomic E-state index is 0.224. The van der Waals surface area contributed by atoms with Crippen LogP contribution in [0.2, 0.25) is 0 Å². The molecule has 2 rings (SSSR count). The molecule has 0 aromatic carbocycles. The highest BCUT2D eigenvalue weighted by Gasteiger charge is 2.31. The first-order valence-corrected chi connectivity index (χ1v) is 7.30. The van der Waals surface area contributed by atoms with Crippen LogP contribution in [0.4, 0.5) is 0 Å². The van der Waals surface area contributed by atoms with Crippen LogP contribution in [0.15, 0.2) is 0 Å². The van der Waals surface area contributed by atoms with Gasteiger partial charge in [0.1, 0.15) is 0 Å². The number of rotatable bonds is 0. The van der Waals surface area contributed by atoms with Crippen LogP contribution < -0.4 is 0 Å². The molecule has 2 saturated heterocycles. The molecule has 2 aliphatic heterocycles. The van der Waals surface area contributed by atoms with Gasteiger partial charge in [0.15, 0.2) is 0 Å². The molecule has 0 saturated carbocycles. The zero-order valence-electron chi connectivity index (χ0n) is 11.4. The lowest BCUT2D eigenvalue weighted by Crippen LogP contribution is -2.50. The lowest BCUT2D eigenvalue weighted by molar-refractivity contribution is -0.153. The first kappa shape index (κ1) is 13.4. The third kappa shape index (κ3) is 3.03. The summed E-state index contributed by atoms with van der Waals surface area (Å²) >= 11 is 0. The molecule has 2 heterocycles. The molecule has 2 fully saturated rings. The molecule has 4 heteroatoms. The highest BCUT2D eigenvalue weighted by Crippen LogP contribution is 2.18. The maximum Gasteiger partial charge on any atom is 0.312 e. The number of hydrogen-bond acceptors (Lipinski definition) is 2. The maximum atomic E-state index is 12.3. The Hall–Kier alpha value is -1.06. The van der Waals surface area contributed by atoms with E-state index in [-0.39, 0.29) is 17.9 Å². The maximum absolute atomic E-state index is 12.3. The van der Waals surface area contributed by atoms with Crippen LogP contribution in [0.3, 0.4) is 0 Å². The molecule has 0 aromatic heterocycles. The van der Waals surface area contributed by atoms with Gasteiger partial charge in [-0.15, -0.1) is 0 Å². The first-order chi connectivity index (χ1) is 8.70.